The third-order valence-corrected chi connectivity index (χ3v) is 4.55. The number of nitrogens with one attached hydrogen (secondary N) is 1. The molecule has 2 rings (SSSR count). The lowest BCUT2D eigenvalue weighted by molar-refractivity contribution is -0.144. The molecule has 0 aliphatic rings. The van der Waals surface area contributed by atoms with Gasteiger partial charge >= 0.3 is 5.97 Å². The molecule has 1 N–H and O–H groups in total. The van der Waals surface area contributed by atoms with Gasteiger partial charge in [-0.05, 0) is 17.9 Å². The van der Waals surface area contributed by atoms with Gasteiger partial charge in [0.25, 0.3) is 5.91 Å². The molecule has 0 aromatic carbocycles. The molecule has 21 heavy (non-hydrogen) atoms. The number of esters is 1. The molecule has 0 bridgehead atoms. The Morgan fingerprint density at radius 3 is 2.90 bits per heavy atom. The zero-order valence-electron chi connectivity index (χ0n) is 11.6. The lowest BCUT2D eigenvalue weighted by Gasteiger charge is -2.04. The van der Waals surface area contributed by atoms with Crippen LogP contribution >= 0.6 is 22.7 Å². The van der Waals surface area contributed by atoms with Gasteiger partial charge in [-0.15, -0.1) is 22.7 Å². The Hall–Kier alpha value is -1.73. The highest BCUT2D eigenvalue weighted by atomic mass is 32.1. The highest BCUT2D eigenvalue weighted by molar-refractivity contribution is 7.12. The van der Waals surface area contributed by atoms with Crippen molar-refractivity contribution in [1.29, 1.82) is 0 Å². The number of nitrogens with zero attached hydrogens (tertiary/aromatic N) is 1. The van der Waals surface area contributed by atoms with Crippen LogP contribution in [-0.2, 0) is 22.6 Å². The van der Waals surface area contributed by atoms with E-state index >= 15 is 0 Å². The first-order valence-corrected chi connectivity index (χ1v) is 8.35. The summed E-state index contributed by atoms with van der Waals surface area (Å²) in [5.41, 5.74) is 0.771. The molecule has 5 nitrogen and oxygen atoms in total. The van der Waals surface area contributed by atoms with E-state index in [1.807, 2.05) is 23.8 Å². The first-order valence-electron chi connectivity index (χ1n) is 6.59. The lowest BCUT2D eigenvalue weighted by Crippen LogP contribution is -2.25. The average molecular weight is 324 g/mol. The molecule has 0 fully saturated rings. The van der Waals surface area contributed by atoms with Gasteiger partial charge in [-0.2, -0.15) is 0 Å². The van der Waals surface area contributed by atoms with Crippen molar-refractivity contribution < 1.29 is 14.3 Å². The van der Waals surface area contributed by atoms with Crippen LogP contribution in [0.1, 0.15) is 33.7 Å². The van der Waals surface area contributed by atoms with Gasteiger partial charge in [0.1, 0.15) is 6.61 Å². The smallest absolute Gasteiger partial charge is 0.307 e. The summed E-state index contributed by atoms with van der Waals surface area (Å²) in [6.45, 7) is 2.49. The Bertz CT molecular complexity index is 593. The number of aromatic nitrogens is 1. The van der Waals surface area contributed by atoms with Crippen LogP contribution in [0.15, 0.2) is 22.9 Å². The summed E-state index contributed by atoms with van der Waals surface area (Å²) in [5.74, 6) is -0.502. The van der Waals surface area contributed by atoms with Gasteiger partial charge in [0.15, 0.2) is 0 Å². The number of thiophene rings is 1. The van der Waals surface area contributed by atoms with Gasteiger partial charge in [-0.3, -0.25) is 9.59 Å². The van der Waals surface area contributed by atoms with Crippen LogP contribution in [0.5, 0.6) is 0 Å². The molecule has 0 aliphatic heterocycles. The Morgan fingerprint density at radius 1 is 1.38 bits per heavy atom. The molecule has 0 aliphatic carbocycles. The number of hydrogen-bond acceptors (Lipinski definition) is 6. The number of amides is 1. The Labute approximate surface area is 131 Å². The summed E-state index contributed by atoms with van der Waals surface area (Å²) < 4.78 is 5.11. The first kappa shape index (κ1) is 15.7. The normalized spacial score (nSPS) is 10.3. The number of ether oxygens (including phenoxy) is 1. The summed E-state index contributed by atoms with van der Waals surface area (Å²) >= 11 is 2.93. The minimum absolute atomic E-state index is 0.155. The SMILES string of the molecule is CCc1nc(COC(=O)CCNC(=O)c2cccs2)cs1. The first-order chi connectivity index (χ1) is 10.2. The van der Waals surface area contributed by atoms with Gasteiger partial charge in [0, 0.05) is 11.9 Å². The van der Waals surface area contributed by atoms with E-state index in [-0.39, 0.29) is 31.4 Å². The zero-order valence-corrected chi connectivity index (χ0v) is 13.3. The maximum atomic E-state index is 11.6. The highest BCUT2D eigenvalue weighted by Gasteiger charge is 2.09. The van der Waals surface area contributed by atoms with Gasteiger partial charge in [-0.25, -0.2) is 4.98 Å². The highest BCUT2D eigenvalue weighted by Crippen LogP contribution is 2.11. The molecular formula is C14H16N2O3S2. The fourth-order valence-corrected chi connectivity index (χ4v) is 2.95. The Morgan fingerprint density at radius 2 is 2.24 bits per heavy atom. The predicted octanol–water partition coefficient (Wildman–Crippen LogP) is 2.63. The number of hydrogen-bond donors (Lipinski definition) is 1. The zero-order chi connectivity index (χ0) is 15.1. The van der Waals surface area contributed by atoms with Crippen molar-refractivity contribution >= 4 is 34.6 Å². The molecule has 0 saturated carbocycles. The number of thiazole rings is 1. The van der Waals surface area contributed by atoms with E-state index in [4.69, 9.17) is 4.74 Å². The van der Waals surface area contributed by atoms with E-state index in [0.717, 1.165) is 17.1 Å². The van der Waals surface area contributed by atoms with E-state index in [1.165, 1.54) is 11.3 Å². The average Bonchev–Trinajstić information content (AvgIpc) is 3.16. The summed E-state index contributed by atoms with van der Waals surface area (Å²) in [6.07, 6.45) is 1.04. The Balaban J connectivity index is 1.64. The van der Waals surface area contributed by atoms with Crippen molar-refractivity contribution in [3.63, 3.8) is 0 Å². The molecule has 112 valence electrons. The van der Waals surface area contributed by atoms with Crippen molar-refractivity contribution in [2.75, 3.05) is 6.54 Å². The largest absolute Gasteiger partial charge is 0.459 e. The summed E-state index contributed by atoms with van der Waals surface area (Å²) in [4.78, 5) is 28.2. The van der Waals surface area contributed by atoms with Gasteiger partial charge in [0.05, 0.1) is 22.0 Å². The molecule has 2 aromatic heterocycles. The van der Waals surface area contributed by atoms with Crippen LogP contribution in [0.3, 0.4) is 0 Å². The van der Waals surface area contributed by atoms with Crippen molar-refractivity contribution in [2.24, 2.45) is 0 Å². The molecule has 0 saturated heterocycles. The minimum atomic E-state index is -0.340. The minimum Gasteiger partial charge on any atom is -0.459 e. The summed E-state index contributed by atoms with van der Waals surface area (Å²) in [6, 6.07) is 3.55. The van der Waals surface area contributed by atoms with Crippen molar-refractivity contribution in [3.8, 4) is 0 Å². The van der Waals surface area contributed by atoms with E-state index in [9.17, 15) is 9.59 Å². The van der Waals surface area contributed by atoms with Gasteiger partial charge < -0.3 is 10.1 Å². The fourth-order valence-electron chi connectivity index (χ4n) is 1.58. The van der Waals surface area contributed by atoms with Crippen molar-refractivity contribution in [3.05, 3.63) is 38.5 Å². The maximum absolute atomic E-state index is 11.6. The third-order valence-electron chi connectivity index (χ3n) is 2.64. The number of carbonyl (C=O) groups is 2. The summed E-state index contributed by atoms with van der Waals surface area (Å²) in [7, 11) is 0. The molecule has 0 spiro atoms. The van der Waals surface area contributed by atoms with Crippen LogP contribution in [0.2, 0.25) is 0 Å². The monoisotopic (exact) mass is 324 g/mol. The van der Waals surface area contributed by atoms with Crippen LogP contribution in [0.25, 0.3) is 0 Å². The molecular weight excluding hydrogens is 308 g/mol. The second-order valence-corrected chi connectivity index (χ2v) is 6.12. The maximum Gasteiger partial charge on any atom is 0.307 e. The Kier molecular flexibility index (Phi) is 5.89. The second kappa shape index (κ2) is 7.90. The topological polar surface area (TPSA) is 68.3 Å². The van der Waals surface area contributed by atoms with Gasteiger partial charge in [0.2, 0.25) is 0 Å². The summed E-state index contributed by atoms with van der Waals surface area (Å²) in [5, 5.41) is 7.44. The fraction of sp³-hybridized carbons (Fsp3) is 0.357. The van der Waals surface area contributed by atoms with Crippen LogP contribution in [-0.4, -0.2) is 23.4 Å². The molecule has 1 amide bonds. The van der Waals surface area contributed by atoms with Crippen molar-refractivity contribution in [2.45, 2.75) is 26.4 Å². The quantitative estimate of drug-likeness (QED) is 0.795. The van der Waals surface area contributed by atoms with Gasteiger partial charge in [-0.1, -0.05) is 13.0 Å². The predicted molar refractivity (Wildman–Crippen MR) is 82.6 cm³/mol. The molecule has 2 aromatic rings. The molecule has 0 atom stereocenters. The third kappa shape index (κ3) is 4.95. The molecule has 0 unspecified atom stereocenters. The lowest BCUT2D eigenvalue weighted by atomic mass is 10.4. The van der Waals surface area contributed by atoms with Crippen LogP contribution in [0.4, 0.5) is 0 Å². The molecule has 0 radical (unpaired) electrons. The number of carbonyl (C=O) groups excluding carboxylic acids is 2. The standard InChI is InChI=1S/C14H16N2O3S2/c1-2-12-16-10(9-21-12)8-19-13(17)5-6-15-14(18)11-4-3-7-20-11/h3-4,7,9H,2,5-6,8H2,1H3,(H,15,18). The van der Waals surface area contributed by atoms with Crippen LogP contribution in [0, 0.1) is 0 Å². The molecule has 7 heteroatoms. The van der Waals surface area contributed by atoms with E-state index in [0.29, 0.717) is 4.88 Å². The molecule has 2 heterocycles. The van der Waals surface area contributed by atoms with E-state index in [2.05, 4.69) is 10.3 Å². The van der Waals surface area contributed by atoms with Crippen molar-refractivity contribution in [1.82, 2.24) is 10.3 Å². The van der Waals surface area contributed by atoms with E-state index in [1.54, 1.807) is 17.4 Å². The second-order valence-electron chi connectivity index (χ2n) is 4.23. The number of aryl methyl sites for hydroxylation is 1. The van der Waals surface area contributed by atoms with E-state index < -0.39 is 0 Å². The number of rotatable bonds is 7. The van der Waals surface area contributed by atoms with Crippen LogP contribution < -0.4 is 5.32 Å².